The number of fused-ring (bicyclic) bond motifs is 1. The van der Waals surface area contributed by atoms with Crippen molar-refractivity contribution in [3.05, 3.63) is 65.4 Å². The maximum Gasteiger partial charge on any atom is 0.171 e. The van der Waals surface area contributed by atoms with E-state index in [0.717, 1.165) is 22.5 Å². The largest absolute Gasteiger partial charge is 0.489 e. The third-order valence-corrected chi connectivity index (χ3v) is 6.14. The van der Waals surface area contributed by atoms with E-state index < -0.39 is 0 Å². The third-order valence-electron chi connectivity index (χ3n) is 6.14. The number of methoxy groups -OCH3 is 1. The molecule has 4 aromatic heterocycles. The number of hydrogen-bond acceptors (Lipinski definition) is 10. The van der Waals surface area contributed by atoms with E-state index in [0.29, 0.717) is 59.5 Å². The molecule has 5 rings (SSSR count). The van der Waals surface area contributed by atoms with E-state index in [1.165, 1.54) is 0 Å². The van der Waals surface area contributed by atoms with Crippen molar-refractivity contribution in [2.75, 3.05) is 32.2 Å². The molecule has 198 valence electrons. The van der Waals surface area contributed by atoms with Crippen LogP contribution in [0, 0.1) is 25.2 Å². The topological polar surface area (TPSA) is 160 Å². The fourth-order valence-electron chi connectivity index (χ4n) is 4.22. The standard InChI is InChI=1S/C27H27N9O3/c1-16-4-6-24(35-32-16)30-20-12-19-22(13-23(20)39-11-10-38-3)36(15-29-19)25-7-5-18(8-9-37)27(31-25)26-17(2)33-34-21(26)14-28/h4-7,12-13,15,37H,8-11H2,1-3H3,(H,30,35)(H,33,34). The van der Waals surface area contributed by atoms with Gasteiger partial charge in [-0.15, -0.1) is 5.10 Å². The van der Waals surface area contributed by atoms with Crippen LogP contribution in [0.1, 0.15) is 22.6 Å². The number of nitrogens with zero attached hydrogens (tertiary/aromatic N) is 7. The molecule has 0 aliphatic heterocycles. The first-order chi connectivity index (χ1) is 19.0. The number of benzene rings is 1. The van der Waals surface area contributed by atoms with Crippen molar-refractivity contribution in [2.45, 2.75) is 20.3 Å². The number of imidazole rings is 1. The normalized spacial score (nSPS) is 11.1. The first-order valence-corrected chi connectivity index (χ1v) is 12.3. The van der Waals surface area contributed by atoms with Crippen LogP contribution in [0.2, 0.25) is 0 Å². The van der Waals surface area contributed by atoms with Crippen LogP contribution >= 0.6 is 0 Å². The van der Waals surface area contributed by atoms with E-state index >= 15 is 0 Å². The molecule has 0 spiro atoms. The van der Waals surface area contributed by atoms with Gasteiger partial charge in [-0.2, -0.15) is 15.5 Å². The van der Waals surface area contributed by atoms with Gasteiger partial charge in [-0.25, -0.2) is 9.97 Å². The van der Waals surface area contributed by atoms with Crippen LogP contribution in [-0.2, 0) is 11.2 Å². The molecule has 0 amide bonds. The Morgan fingerprint density at radius 2 is 2.00 bits per heavy atom. The fraction of sp³-hybridized carbons (Fsp3) is 0.259. The van der Waals surface area contributed by atoms with Gasteiger partial charge < -0.3 is 19.9 Å². The van der Waals surface area contributed by atoms with Crippen LogP contribution in [0.25, 0.3) is 28.1 Å². The molecule has 0 saturated carbocycles. The number of aromatic amines is 1. The molecule has 1 aromatic carbocycles. The van der Waals surface area contributed by atoms with E-state index in [-0.39, 0.29) is 12.3 Å². The Kier molecular flexibility index (Phi) is 7.44. The number of aromatic nitrogens is 7. The SMILES string of the molecule is COCCOc1cc2c(cc1Nc1ccc(C)nn1)ncn2-c1ccc(CCO)c(-c2c(C#N)n[nH]c2C)n1. The first-order valence-electron chi connectivity index (χ1n) is 12.3. The van der Waals surface area contributed by atoms with Gasteiger partial charge in [-0.05, 0) is 50.1 Å². The molecular formula is C27H27N9O3. The summed E-state index contributed by atoms with van der Waals surface area (Å²) in [5, 5.41) is 37.8. The van der Waals surface area contributed by atoms with Gasteiger partial charge in [-0.3, -0.25) is 9.67 Å². The highest BCUT2D eigenvalue weighted by Gasteiger charge is 2.20. The number of pyridine rings is 1. The Morgan fingerprint density at radius 3 is 2.74 bits per heavy atom. The lowest BCUT2D eigenvalue weighted by atomic mass is 10.0. The van der Waals surface area contributed by atoms with Crippen molar-refractivity contribution in [1.82, 2.24) is 34.9 Å². The monoisotopic (exact) mass is 525 g/mol. The zero-order valence-corrected chi connectivity index (χ0v) is 21.8. The number of hydrogen-bond donors (Lipinski definition) is 3. The van der Waals surface area contributed by atoms with E-state index in [2.05, 4.69) is 36.8 Å². The lowest BCUT2D eigenvalue weighted by Crippen LogP contribution is -2.07. The second-order valence-corrected chi connectivity index (χ2v) is 8.81. The first kappa shape index (κ1) is 25.8. The van der Waals surface area contributed by atoms with E-state index in [1.807, 2.05) is 54.8 Å². The smallest absolute Gasteiger partial charge is 0.171 e. The van der Waals surface area contributed by atoms with Crippen LogP contribution < -0.4 is 10.1 Å². The zero-order chi connectivity index (χ0) is 27.4. The summed E-state index contributed by atoms with van der Waals surface area (Å²) in [7, 11) is 1.62. The molecule has 0 radical (unpaired) electrons. The van der Waals surface area contributed by atoms with Gasteiger partial charge >= 0.3 is 0 Å². The lowest BCUT2D eigenvalue weighted by Gasteiger charge is -2.14. The van der Waals surface area contributed by atoms with Crippen molar-refractivity contribution in [3.63, 3.8) is 0 Å². The molecular weight excluding hydrogens is 498 g/mol. The Hall–Kier alpha value is -4.86. The van der Waals surface area contributed by atoms with Crippen LogP contribution in [-0.4, -0.2) is 67.0 Å². The number of rotatable bonds is 10. The summed E-state index contributed by atoms with van der Waals surface area (Å²) in [5.74, 6) is 1.75. The quantitative estimate of drug-likeness (QED) is 0.231. The number of aliphatic hydroxyl groups is 1. The minimum Gasteiger partial charge on any atom is -0.489 e. The highest BCUT2D eigenvalue weighted by Crippen LogP contribution is 2.34. The highest BCUT2D eigenvalue weighted by atomic mass is 16.5. The van der Waals surface area contributed by atoms with E-state index in [4.69, 9.17) is 14.5 Å². The van der Waals surface area contributed by atoms with Crippen LogP contribution in [0.5, 0.6) is 5.75 Å². The molecule has 0 atom stereocenters. The van der Waals surface area contributed by atoms with Crippen molar-refractivity contribution >= 4 is 22.5 Å². The Morgan fingerprint density at radius 1 is 1.13 bits per heavy atom. The molecule has 0 unspecified atom stereocenters. The fourth-order valence-corrected chi connectivity index (χ4v) is 4.22. The molecule has 4 heterocycles. The van der Waals surface area contributed by atoms with Crippen LogP contribution in [0.15, 0.2) is 42.7 Å². The maximum absolute atomic E-state index is 9.63. The summed E-state index contributed by atoms with van der Waals surface area (Å²) < 4.78 is 13.1. The summed E-state index contributed by atoms with van der Waals surface area (Å²) in [6.07, 6.45) is 2.07. The van der Waals surface area contributed by atoms with Crippen LogP contribution in [0.3, 0.4) is 0 Å². The summed E-state index contributed by atoms with van der Waals surface area (Å²) in [5.41, 5.74) is 5.93. The van der Waals surface area contributed by atoms with Gasteiger partial charge in [0.1, 0.15) is 30.6 Å². The van der Waals surface area contributed by atoms with Crippen molar-refractivity contribution < 1.29 is 14.6 Å². The number of aliphatic hydroxyl groups excluding tert-OH is 1. The molecule has 0 fully saturated rings. The molecule has 0 aliphatic rings. The number of aryl methyl sites for hydroxylation is 2. The summed E-state index contributed by atoms with van der Waals surface area (Å²) in [6.45, 7) is 4.43. The Labute approximate surface area is 224 Å². The third kappa shape index (κ3) is 5.26. The van der Waals surface area contributed by atoms with Crippen molar-refractivity contribution in [3.8, 4) is 28.9 Å². The summed E-state index contributed by atoms with van der Waals surface area (Å²) in [4.78, 5) is 9.51. The Balaban J connectivity index is 1.61. The van der Waals surface area contributed by atoms with Gasteiger partial charge in [0.05, 0.1) is 40.3 Å². The minimum atomic E-state index is -0.0515. The second kappa shape index (κ2) is 11.3. The van der Waals surface area contributed by atoms with E-state index in [1.54, 1.807) is 13.4 Å². The van der Waals surface area contributed by atoms with Gasteiger partial charge in [0, 0.05) is 25.5 Å². The molecule has 0 bridgehead atoms. The van der Waals surface area contributed by atoms with Gasteiger partial charge in [0.25, 0.3) is 0 Å². The lowest BCUT2D eigenvalue weighted by molar-refractivity contribution is 0.147. The van der Waals surface area contributed by atoms with Crippen molar-refractivity contribution in [1.29, 1.82) is 5.26 Å². The number of nitriles is 1. The number of nitrogens with one attached hydrogen (secondary N) is 2. The molecule has 5 aromatic rings. The number of anilines is 2. The zero-order valence-electron chi connectivity index (χ0n) is 21.8. The predicted molar refractivity (Wildman–Crippen MR) is 144 cm³/mol. The van der Waals surface area contributed by atoms with Crippen molar-refractivity contribution in [2.24, 2.45) is 0 Å². The molecule has 3 N–H and O–H groups in total. The Bertz CT molecular complexity index is 1650. The molecule has 0 saturated heterocycles. The maximum atomic E-state index is 9.63. The summed E-state index contributed by atoms with van der Waals surface area (Å²) in [6, 6.07) is 13.4. The number of ether oxygens (including phenoxy) is 2. The van der Waals surface area contributed by atoms with E-state index in [9.17, 15) is 10.4 Å². The predicted octanol–water partition coefficient (Wildman–Crippen LogP) is 3.39. The second-order valence-electron chi connectivity index (χ2n) is 8.81. The molecule has 0 aliphatic carbocycles. The molecule has 12 nitrogen and oxygen atoms in total. The van der Waals surface area contributed by atoms with Crippen LogP contribution in [0.4, 0.5) is 11.5 Å². The highest BCUT2D eigenvalue weighted by molar-refractivity contribution is 5.86. The summed E-state index contributed by atoms with van der Waals surface area (Å²) >= 11 is 0. The van der Waals surface area contributed by atoms with Gasteiger partial charge in [0.15, 0.2) is 11.5 Å². The average Bonchev–Trinajstić information content (AvgIpc) is 3.53. The minimum absolute atomic E-state index is 0.0515. The molecule has 39 heavy (non-hydrogen) atoms. The molecule has 12 heteroatoms. The average molecular weight is 526 g/mol. The van der Waals surface area contributed by atoms with Gasteiger partial charge in [-0.1, -0.05) is 6.07 Å². The number of H-pyrrole nitrogens is 1. The van der Waals surface area contributed by atoms with Gasteiger partial charge in [0.2, 0.25) is 0 Å².